The molecule has 2 aliphatic heterocycles. The summed E-state index contributed by atoms with van der Waals surface area (Å²) in [5.41, 5.74) is 2.56. The van der Waals surface area contributed by atoms with Crippen molar-refractivity contribution in [3.05, 3.63) is 35.4 Å². The number of carbonyl (C=O) groups is 1. The molecule has 4 heteroatoms. The summed E-state index contributed by atoms with van der Waals surface area (Å²) in [7, 11) is 0. The Morgan fingerprint density at radius 3 is 2.50 bits per heavy atom. The van der Waals surface area contributed by atoms with Gasteiger partial charge in [-0.1, -0.05) is 24.3 Å². The highest BCUT2D eigenvalue weighted by atomic mass is 16.5. The molecule has 0 aliphatic carbocycles. The molecule has 1 aromatic rings. The van der Waals surface area contributed by atoms with E-state index in [1.807, 2.05) is 24.3 Å². The predicted molar refractivity (Wildman–Crippen MR) is 75.5 cm³/mol. The number of nitrogens with zero attached hydrogens (tertiary/aromatic N) is 1. The molecule has 2 heterocycles. The number of rotatable bonds is 4. The third-order valence-corrected chi connectivity index (χ3v) is 4.53. The highest BCUT2D eigenvalue weighted by molar-refractivity contribution is 5.70. The quantitative estimate of drug-likeness (QED) is 0.912. The molecule has 0 amide bonds. The maximum absolute atomic E-state index is 10.9. The highest BCUT2D eigenvalue weighted by Gasteiger charge is 2.43. The van der Waals surface area contributed by atoms with Gasteiger partial charge in [0.2, 0.25) is 0 Å². The van der Waals surface area contributed by atoms with Crippen molar-refractivity contribution in [1.29, 1.82) is 0 Å². The number of benzene rings is 1. The molecule has 0 unspecified atom stereocenters. The average Bonchev–Trinajstić information content (AvgIpc) is 2.40. The number of carboxylic acid groups (broad SMARTS) is 1. The number of hydrogen-bond donors (Lipinski definition) is 1. The van der Waals surface area contributed by atoms with Crippen LogP contribution in [-0.2, 0) is 22.5 Å². The molecule has 108 valence electrons. The van der Waals surface area contributed by atoms with Crippen LogP contribution in [0.25, 0.3) is 0 Å². The molecule has 1 spiro atoms. The zero-order valence-corrected chi connectivity index (χ0v) is 11.7. The Bertz CT molecular complexity index is 486. The standard InChI is InChI=1S/C16H21NO3/c18-15(19)9-13-3-1-2-4-14(13)10-17-11-16(12-17)5-7-20-8-6-16/h1-4H,5-12H2,(H,18,19). The fourth-order valence-electron chi connectivity index (χ4n) is 3.42. The van der Waals surface area contributed by atoms with Crippen LogP contribution in [0.4, 0.5) is 0 Å². The van der Waals surface area contributed by atoms with Gasteiger partial charge in [0, 0.05) is 38.3 Å². The lowest BCUT2D eigenvalue weighted by Crippen LogP contribution is -2.57. The Labute approximate surface area is 119 Å². The zero-order valence-electron chi connectivity index (χ0n) is 11.7. The fourth-order valence-corrected chi connectivity index (χ4v) is 3.42. The van der Waals surface area contributed by atoms with E-state index in [1.54, 1.807) is 0 Å². The van der Waals surface area contributed by atoms with Gasteiger partial charge in [-0.2, -0.15) is 0 Å². The number of ether oxygens (including phenoxy) is 1. The number of likely N-dealkylation sites (tertiary alicyclic amines) is 1. The summed E-state index contributed by atoms with van der Waals surface area (Å²) in [6, 6.07) is 7.88. The molecule has 0 bridgehead atoms. The SMILES string of the molecule is O=C(O)Cc1ccccc1CN1CC2(CCOCC2)C1. The second-order valence-electron chi connectivity index (χ2n) is 6.10. The maximum atomic E-state index is 10.9. The van der Waals surface area contributed by atoms with Crippen LogP contribution in [0.2, 0.25) is 0 Å². The maximum Gasteiger partial charge on any atom is 0.307 e. The van der Waals surface area contributed by atoms with Crippen LogP contribution >= 0.6 is 0 Å². The van der Waals surface area contributed by atoms with E-state index in [2.05, 4.69) is 4.90 Å². The largest absolute Gasteiger partial charge is 0.481 e. The first-order chi connectivity index (χ1) is 9.67. The summed E-state index contributed by atoms with van der Waals surface area (Å²) in [5.74, 6) is -0.762. The minimum atomic E-state index is -0.762. The lowest BCUT2D eigenvalue weighted by molar-refractivity contribution is -0.136. The van der Waals surface area contributed by atoms with E-state index in [-0.39, 0.29) is 6.42 Å². The van der Waals surface area contributed by atoms with Gasteiger partial charge in [0.15, 0.2) is 0 Å². The monoisotopic (exact) mass is 275 g/mol. The number of carboxylic acids is 1. The summed E-state index contributed by atoms with van der Waals surface area (Å²) in [5, 5.41) is 8.97. The molecule has 1 N–H and O–H groups in total. The summed E-state index contributed by atoms with van der Waals surface area (Å²) in [6.45, 7) is 4.90. The second kappa shape index (κ2) is 5.54. The molecule has 0 aromatic heterocycles. The van der Waals surface area contributed by atoms with Crippen molar-refractivity contribution in [3.63, 3.8) is 0 Å². The molecule has 0 saturated carbocycles. The van der Waals surface area contributed by atoms with Gasteiger partial charge in [-0.05, 0) is 24.0 Å². The van der Waals surface area contributed by atoms with Gasteiger partial charge in [0.1, 0.15) is 0 Å². The van der Waals surface area contributed by atoms with Crippen molar-refractivity contribution in [2.24, 2.45) is 5.41 Å². The van der Waals surface area contributed by atoms with Crippen LogP contribution in [0.3, 0.4) is 0 Å². The first-order valence-corrected chi connectivity index (χ1v) is 7.26. The summed E-state index contributed by atoms with van der Waals surface area (Å²) >= 11 is 0. The van der Waals surface area contributed by atoms with Crippen molar-refractivity contribution in [1.82, 2.24) is 4.90 Å². The Kier molecular flexibility index (Phi) is 3.76. The van der Waals surface area contributed by atoms with Crippen LogP contribution in [0, 0.1) is 5.41 Å². The topological polar surface area (TPSA) is 49.8 Å². The van der Waals surface area contributed by atoms with E-state index < -0.39 is 5.97 Å². The lowest BCUT2D eigenvalue weighted by Gasteiger charge is -2.52. The molecule has 3 rings (SSSR count). The molecule has 2 aliphatic rings. The third-order valence-electron chi connectivity index (χ3n) is 4.53. The van der Waals surface area contributed by atoms with Crippen molar-refractivity contribution < 1.29 is 14.6 Å². The average molecular weight is 275 g/mol. The molecule has 2 saturated heterocycles. The van der Waals surface area contributed by atoms with E-state index in [0.717, 1.165) is 44.0 Å². The Morgan fingerprint density at radius 2 is 1.85 bits per heavy atom. The van der Waals surface area contributed by atoms with Crippen LogP contribution in [0.15, 0.2) is 24.3 Å². The van der Waals surface area contributed by atoms with E-state index >= 15 is 0 Å². The van der Waals surface area contributed by atoms with E-state index in [4.69, 9.17) is 9.84 Å². The first kappa shape index (κ1) is 13.6. The van der Waals surface area contributed by atoms with Crippen molar-refractivity contribution >= 4 is 5.97 Å². The Morgan fingerprint density at radius 1 is 1.20 bits per heavy atom. The van der Waals surface area contributed by atoms with E-state index in [1.165, 1.54) is 12.8 Å². The van der Waals surface area contributed by atoms with Gasteiger partial charge >= 0.3 is 5.97 Å². The molecule has 1 aromatic carbocycles. The van der Waals surface area contributed by atoms with Crippen molar-refractivity contribution in [2.75, 3.05) is 26.3 Å². The minimum absolute atomic E-state index is 0.114. The molecule has 20 heavy (non-hydrogen) atoms. The van der Waals surface area contributed by atoms with Gasteiger partial charge in [0.25, 0.3) is 0 Å². The summed E-state index contributed by atoms with van der Waals surface area (Å²) in [4.78, 5) is 13.3. The molecular formula is C16H21NO3. The van der Waals surface area contributed by atoms with Crippen LogP contribution in [-0.4, -0.2) is 42.3 Å². The van der Waals surface area contributed by atoms with Gasteiger partial charge < -0.3 is 9.84 Å². The van der Waals surface area contributed by atoms with Gasteiger partial charge in [-0.15, -0.1) is 0 Å². The molecule has 0 atom stereocenters. The lowest BCUT2D eigenvalue weighted by atomic mass is 9.73. The zero-order chi connectivity index (χ0) is 14.0. The highest BCUT2D eigenvalue weighted by Crippen LogP contribution is 2.40. The molecular weight excluding hydrogens is 254 g/mol. The van der Waals surface area contributed by atoms with Crippen molar-refractivity contribution in [3.8, 4) is 0 Å². The number of aliphatic carboxylic acids is 1. The predicted octanol–water partition coefficient (Wildman–Crippen LogP) is 1.93. The van der Waals surface area contributed by atoms with E-state index in [9.17, 15) is 4.79 Å². The summed E-state index contributed by atoms with van der Waals surface area (Å²) < 4.78 is 5.43. The van der Waals surface area contributed by atoms with Crippen LogP contribution < -0.4 is 0 Å². The fraction of sp³-hybridized carbons (Fsp3) is 0.562. The van der Waals surface area contributed by atoms with Gasteiger partial charge in [-0.3, -0.25) is 9.69 Å². The van der Waals surface area contributed by atoms with Crippen molar-refractivity contribution in [2.45, 2.75) is 25.8 Å². The Balaban J connectivity index is 1.61. The van der Waals surface area contributed by atoms with Crippen LogP contribution in [0.5, 0.6) is 0 Å². The number of hydrogen-bond acceptors (Lipinski definition) is 3. The first-order valence-electron chi connectivity index (χ1n) is 7.26. The molecule has 0 radical (unpaired) electrons. The minimum Gasteiger partial charge on any atom is -0.481 e. The molecule has 2 fully saturated rings. The normalized spacial score (nSPS) is 21.6. The van der Waals surface area contributed by atoms with E-state index in [0.29, 0.717) is 5.41 Å². The second-order valence-corrected chi connectivity index (χ2v) is 6.10. The van der Waals surface area contributed by atoms with Crippen LogP contribution in [0.1, 0.15) is 24.0 Å². The third kappa shape index (κ3) is 2.86. The smallest absolute Gasteiger partial charge is 0.307 e. The van der Waals surface area contributed by atoms with Gasteiger partial charge in [-0.25, -0.2) is 0 Å². The Hall–Kier alpha value is -1.39. The van der Waals surface area contributed by atoms with Gasteiger partial charge in [0.05, 0.1) is 6.42 Å². The summed E-state index contributed by atoms with van der Waals surface area (Å²) in [6.07, 6.45) is 2.45. The molecule has 4 nitrogen and oxygen atoms in total.